The van der Waals surface area contributed by atoms with Crippen molar-refractivity contribution in [2.24, 2.45) is 0 Å². The first-order valence-corrected chi connectivity index (χ1v) is 9.56. The number of nitrogens with one attached hydrogen (secondary N) is 1. The van der Waals surface area contributed by atoms with E-state index in [0.29, 0.717) is 11.3 Å². The number of hydrogen-bond donors (Lipinski definition) is 1. The van der Waals surface area contributed by atoms with E-state index < -0.39 is 10.0 Å². The minimum absolute atomic E-state index is 0.241. The molecule has 0 aliphatic heterocycles. The van der Waals surface area contributed by atoms with Crippen LogP contribution in [-0.4, -0.2) is 27.1 Å². The van der Waals surface area contributed by atoms with E-state index in [1.165, 1.54) is 36.4 Å². The summed E-state index contributed by atoms with van der Waals surface area (Å²) in [5.74, 6) is -0.0576. The fraction of sp³-hybridized carbons (Fsp3) is 0.133. The van der Waals surface area contributed by atoms with Crippen LogP contribution >= 0.6 is 34.8 Å². The van der Waals surface area contributed by atoms with Crippen molar-refractivity contribution < 1.29 is 17.9 Å². The number of Topliss-reactive ketones (excluding diaryl/α,β-unsaturated/α-hetero) is 1. The summed E-state index contributed by atoms with van der Waals surface area (Å²) in [5, 5.41) is 0.791. The Labute approximate surface area is 154 Å². The zero-order valence-electron chi connectivity index (χ0n) is 12.3. The van der Waals surface area contributed by atoms with Crippen LogP contribution in [0, 0.1) is 0 Å². The second-order valence-corrected chi connectivity index (χ2v) is 7.83. The van der Waals surface area contributed by atoms with E-state index in [1.54, 1.807) is 0 Å². The minimum atomic E-state index is -3.37. The van der Waals surface area contributed by atoms with E-state index in [1.807, 2.05) is 0 Å². The Morgan fingerprint density at radius 1 is 1.04 bits per heavy atom. The van der Waals surface area contributed by atoms with Crippen LogP contribution in [0.25, 0.3) is 0 Å². The van der Waals surface area contributed by atoms with Crippen LogP contribution in [0.3, 0.4) is 0 Å². The SMILES string of the molecule is CS(=O)(=O)Nc1ccc(C(=O)COc2cc(Cl)c(Cl)cc2Cl)cc1. The van der Waals surface area contributed by atoms with Gasteiger partial charge in [0.2, 0.25) is 10.0 Å². The molecule has 128 valence electrons. The monoisotopic (exact) mass is 407 g/mol. The van der Waals surface area contributed by atoms with Gasteiger partial charge in [-0.05, 0) is 30.3 Å². The molecule has 2 aromatic carbocycles. The number of ether oxygens (including phenoxy) is 1. The molecule has 1 N–H and O–H groups in total. The van der Waals surface area contributed by atoms with Gasteiger partial charge in [0.05, 0.1) is 21.3 Å². The average Bonchev–Trinajstić information content (AvgIpc) is 2.48. The quantitative estimate of drug-likeness (QED) is 0.572. The molecule has 2 rings (SSSR count). The van der Waals surface area contributed by atoms with E-state index in [2.05, 4.69) is 4.72 Å². The molecule has 0 heterocycles. The molecule has 0 amide bonds. The third-order valence-corrected chi connectivity index (χ3v) is 4.47. The van der Waals surface area contributed by atoms with Crippen molar-refractivity contribution in [1.29, 1.82) is 0 Å². The Kier molecular flexibility index (Phi) is 5.98. The first kappa shape index (κ1) is 18.9. The molecule has 9 heteroatoms. The van der Waals surface area contributed by atoms with Gasteiger partial charge in [-0.3, -0.25) is 9.52 Å². The van der Waals surface area contributed by atoms with Crippen LogP contribution in [0.1, 0.15) is 10.4 Å². The van der Waals surface area contributed by atoms with E-state index in [4.69, 9.17) is 39.5 Å². The van der Waals surface area contributed by atoms with Crippen LogP contribution < -0.4 is 9.46 Å². The molecule has 0 unspecified atom stereocenters. The number of benzene rings is 2. The normalized spacial score (nSPS) is 11.2. The number of ketones is 1. The molecule has 5 nitrogen and oxygen atoms in total. The predicted octanol–water partition coefficient (Wildman–Crippen LogP) is 4.28. The van der Waals surface area contributed by atoms with Crippen LogP contribution in [0.4, 0.5) is 5.69 Å². The molecule has 0 saturated heterocycles. The average molecular weight is 409 g/mol. The summed E-state index contributed by atoms with van der Waals surface area (Å²) < 4.78 is 29.9. The molecule has 0 aliphatic rings. The van der Waals surface area contributed by atoms with Gasteiger partial charge < -0.3 is 4.74 Å². The number of sulfonamides is 1. The smallest absolute Gasteiger partial charge is 0.229 e. The summed E-state index contributed by atoms with van der Waals surface area (Å²) in [4.78, 5) is 12.1. The van der Waals surface area contributed by atoms with Gasteiger partial charge in [0.25, 0.3) is 0 Å². The lowest BCUT2D eigenvalue weighted by Gasteiger charge is -2.09. The second kappa shape index (κ2) is 7.61. The third-order valence-electron chi connectivity index (χ3n) is 2.84. The van der Waals surface area contributed by atoms with Crippen LogP contribution in [-0.2, 0) is 10.0 Å². The Morgan fingerprint density at radius 2 is 1.62 bits per heavy atom. The van der Waals surface area contributed by atoms with Crippen molar-refractivity contribution in [3.63, 3.8) is 0 Å². The third kappa shape index (κ3) is 5.27. The van der Waals surface area contributed by atoms with Gasteiger partial charge in [-0.2, -0.15) is 0 Å². The highest BCUT2D eigenvalue weighted by molar-refractivity contribution is 7.92. The van der Waals surface area contributed by atoms with E-state index in [9.17, 15) is 13.2 Å². The summed E-state index contributed by atoms with van der Waals surface area (Å²) >= 11 is 17.7. The van der Waals surface area contributed by atoms with E-state index in [-0.39, 0.29) is 33.2 Å². The number of hydrogen-bond acceptors (Lipinski definition) is 4. The molecule has 2 aromatic rings. The molecule has 0 fully saturated rings. The molecule has 0 aromatic heterocycles. The first-order chi connectivity index (χ1) is 11.2. The van der Waals surface area contributed by atoms with Gasteiger partial charge in [0.1, 0.15) is 5.75 Å². The lowest BCUT2D eigenvalue weighted by atomic mass is 10.1. The van der Waals surface area contributed by atoms with Crippen LogP contribution in [0.15, 0.2) is 36.4 Å². The predicted molar refractivity (Wildman–Crippen MR) is 96.2 cm³/mol. The molecular formula is C15H12Cl3NO4S. The molecule has 0 radical (unpaired) electrons. The Bertz CT molecular complexity index is 867. The van der Waals surface area contributed by atoms with Gasteiger partial charge in [-0.25, -0.2) is 8.42 Å². The summed E-state index contributed by atoms with van der Waals surface area (Å²) in [7, 11) is -3.37. The molecule has 0 spiro atoms. The molecule has 0 atom stereocenters. The van der Waals surface area contributed by atoms with E-state index in [0.717, 1.165) is 6.26 Å². The van der Waals surface area contributed by atoms with Crippen LogP contribution in [0.5, 0.6) is 5.75 Å². The number of rotatable bonds is 6. The number of carbonyl (C=O) groups excluding carboxylic acids is 1. The fourth-order valence-corrected chi connectivity index (χ4v) is 2.94. The summed E-state index contributed by atoms with van der Waals surface area (Å²) in [6, 6.07) is 8.82. The highest BCUT2D eigenvalue weighted by Gasteiger charge is 2.11. The fourth-order valence-electron chi connectivity index (χ4n) is 1.78. The maximum Gasteiger partial charge on any atom is 0.229 e. The zero-order chi connectivity index (χ0) is 17.9. The topological polar surface area (TPSA) is 72.5 Å². The number of halogens is 3. The lowest BCUT2D eigenvalue weighted by Crippen LogP contribution is -2.13. The Morgan fingerprint density at radius 3 is 2.21 bits per heavy atom. The van der Waals surface area contributed by atoms with Gasteiger partial charge >= 0.3 is 0 Å². The Balaban J connectivity index is 2.04. The molecule has 0 aliphatic carbocycles. The van der Waals surface area contributed by atoms with Gasteiger partial charge in [0.15, 0.2) is 12.4 Å². The molecular weight excluding hydrogens is 397 g/mol. The number of anilines is 1. The summed E-state index contributed by atoms with van der Waals surface area (Å²) in [6.07, 6.45) is 1.04. The molecule has 24 heavy (non-hydrogen) atoms. The lowest BCUT2D eigenvalue weighted by molar-refractivity contribution is 0.0921. The zero-order valence-corrected chi connectivity index (χ0v) is 15.4. The molecule has 0 bridgehead atoms. The van der Waals surface area contributed by atoms with Crippen molar-refractivity contribution in [2.75, 3.05) is 17.6 Å². The van der Waals surface area contributed by atoms with Crippen LogP contribution in [0.2, 0.25) is 15.1 Å². The summed E-state index contributed by atoms with van der Waals surface area (Å²) in [6.45, 7) is -0.253. The van der Waals surface area contributed by atoms with Crippen molar-refractivity contribution in [3.8, 4) is 5.75 Å². The van der Waals surface area contributed by atoms with Crippen molar-refractivity contribution in [1.82, 2.24) is 0 Å². The maximum absolute atomic E-state index is 12.1. The largest absolute Gasteiger partial charge is 0.484 e. The maximum atomic E-state index is 12.1. The standard InChI is InChI=1S/C15H12Cl3NO4S/c1-24(21,22)19-10-4-2-9(3-5-10)14(20)8-23-15-7-12(17)11(16)6-13(15)18/h2-7,19H,8H2,1H3. The number of carbonyl (C=O) groups is 1. The highest BCUT2D eigenvalue weighted by Crippen LogP contribution is 2.33. The Hall–Kier alpha value is -1.47. The second-order valence-electron chi connectivity index (χ2n) is 4.86. The van der Waals surface area contributed by atoms with Crippen molar-refractivity contribution >= 4 is 56.3 Å². The summed E-state index contributed by atoms with van der Waals surface area (Å²) in [5.41, 5.74) is 0.729. The minimum Gasteiger partial charge on any atom is -0.484 e. The van der Waals surface area contributed by atoms with Gasteiger partial charge in [-0.15, -0.1) is 0 Å². The molecule has 0 saturated carbocycles. The van der Waals surface area contributed by atoms with Crippen molar-refractivity contribution in [3.05, 3.63) is 57.0 Å². The van der Waals surface area contributed by atoms with Gasteiger partial charge in [0, 0.05) is 17.3 Å². The van der Waals surface area contributed by atoms with Crippen molar-refractivity contribution in [2.45, 2.75) is 0 Å². The first-order valence-electron chi connectivity index (χ1n) is 6.54. The highest BCUT2D eigenvalue weighted by atomic mass is 35.5. The van der Waals surface area contributed by atoms with Gasteiger partial charge in [-0.1, -0.05) is 34.8 Å². The van der Waals surface area contributed by atoms with E-state index >= 15 is 0 Å².